The second kappa shape index (κ2) is 8.94. The molecule has 0 aliphatic rings. The molecule has 0 atom stereocenters. The van der Waals surface area contributed by atoms with Crippen molar-refractivity contribution in [2.75, 3.05) is 0 Å². The number of H-pyrrole nitrogens is 1. The molecule has 5 heteroatoms. The molecule has 1 aromatic heterocycles. The van der Waals surface area contributed by atoms with E-state index in [1.54, 1.807) is 18.3 Å². The van der Waals surface area contributed by atoms with Crippen molar-refractivity contribution in [1.29, 1.82) is 0 Å². The molecular weight excluding hydrogens is 188 g/mol. The van der Waals surface area contributed by atoms with Gasteiger partial charge in [-0.05, 0) is 6.07 Å². The minimum atomic E-state index is -0.0532. The van der Waals surface area contributed by atoms with Gasteiger partial charge in [-0.15, -0.1) is 0 Å². The molecule has 0 aromatic carbocycles. The summed E-state index contributed by atoms with van der Waals surface area (Å²) in [4.78, 5) is 21.3. The average molecular weight is 196 g/mol. The number of carbonyl (C=O) groups is 1. The van der Waals surface area contributed by atoms with Gasteiger partial charge >= 0.3 is 0 Å². The van der Waals surface area contributed by atoms with Gasteiger partial charge in [-0.25, -0.2) is 0 Å². The maximum Gasteiger partial charge on any atom is 0.247 e. The van der Waals surface area contributed by atoms with Crippen LogP contribution >= 0.6 is 0 Å². The zero-order valence-electron chi connectivity index (χ0n) is 5.63. The fourth-order valence-corrected chi connectivity index (χ4v) is 0.377. The minimum Gasteiger partial charge on any atom is -0.372 e. The number of hydrogen-bond donors (Lipinski definition) is 2. The first-order valence-corrected chi connectivity index (χ1v) is 2.60. The van der Waals surface area contributed by atoms with Gasteiger partial charge in [0.15, 0.2) is 0 Å². The molecule has 0 saturated carbocycles. The van der Waals surface area contributed by atoms with E-state index in [-0.39, 0.29) is 29.0 Å². The summed E-state index contributed by atoms with van der Waals surface area (Å²) in [7, 11) is 0. The first-order chi connectivity index (χ1) is 4.81. The Hall–Kier alpha value is -1.06. The van der Waals surface area contributed by atoms with Crippen molar-refractivity contribution in [3.05, 3.63) is 34.7 Å². The molecule has 0 fully saturated rings. The van der Waals surface area contributed by atoms with Gasteiger partial charge < -0.3 is 10.7 Å². The number of aromatic amines is 1. The molecule has 0 radical (unpaired) electrons. The van der Waals surface area contributed by atoms with Gasteiger partial charge in [0.1, 0.15) is 0 Å². The first kappa shape index (κ1) is 12.6. The maximum atomic E-state index is 10.2. The fourth-order valence-electron chi connectivity index (χ4n) is 0.377. The Kier molecular flexibility index (Phi) is 10.2. The standard InChI is InChI=1S/C5H5NO.CH3NO.Fe/c7-5-3-1-2-4-6-5;2-1-3;/h1-4H,(H,6,7);1H,(H2,2,3);. The van der Waals surface area contributed by atoms with Crippen LogP contribution in [0.5, 0.6) is 0 Å². The molecule has 0 saturated heterocycles. The van der Waals surface area contributed by atoms with Crippen LogP contribution in [0, 0.1) is 0 Å². The summed E-state index contributed by atoms with van der Waals surface area (Å²) in [5, 5.41) is 0. The average Bonchev–Trinajstić information content (AvgIpc) is 1.91. The first-order valence-electron chi connectivity index (χ1n) is 2.60. The molecular formula is C6H8FeN2O2. The second-order valence-electron chi connectivity index (χ2n) is 1.36. The molecule has 0 unspecified atom stereocenters. The van der Waals surface area contributed by atoms with E-state index < -0.39 is 0 Å². The third-order valence-corrected chi connectivity index (χ3v) is 0.681. The van der Waals surface area contributed by atoms with Crippen LogP contribution in [0.25, 0.3) is 0 Å². The van der Waals surface area contributed by atoms with Crippen molar-refractivity contribution in [3.8, 4) is 0 Å². The summed E-state index contributed by atoms with van der Waals surface area (Å²) >= 11 is 0. The predicted molar refractivity (Wildman–Crippen MR) is 37.3 cm³/mol. The minimum absolute atomic E-state index is 0. The second-order valence-corrected chi connectivity index (χ2v) is 1.36. The maximum absolute atomic E-state index is 10.2. The third kappa shape index (κ3) is 8.94. The van der Waals surface area contributed by atoms with Crippen LogP contribution < -0.4 is 11.3 Å². The summed E-state index contributed by atoms with van der Waals surface area (Å²) in [6.45, 7) is 0. The largest absolute Gasteiger partial charge is 0.372 e. The number of amides is 1. The third-order valence-electron chi connectivity index (χ3n) is 0.681. The molecule has 0 aliphatic heterocycles. The summed E-state index contributed by atoms with van der Waals surface area (Å²) in [5.41, 5.74) is 4.11. The van der Waals surface area contributed by atoms with E-state index >= 15 is 0 Å². The zero-order chi connectivity index (χ0) is 7.82. The van der Waals surface area contributed by atoms with Crippen LogP contribution in [0.2, 0.25) is 0 Å². The molecule has 4 nitrogen and oxygen atoms in total. The van der Waals surface area contributed by atoms with Crippen LogP contribution in [0.4, 0.5) is 0 Å². The molecule has 1 amide bonds. The summed E-state index contributed by atoms with van der Waals surface area (Å²) < 4.78 is 0. The smallest absolute Gasteiger partial charge is 0.247 e. The molecule has 1 rings (SSSR count). The number of hydrogen-bond acceptors (Lipinski definition) is 2. The molecule has 3 N–H and O–H groups in total. The van der Waals surface area contributed by atoms with Crippen LogP contribution in [-0.4, -0.2) is 11.4 Å². The van der Waals surface area contributed by atoms with Gasteiger partial charge in [0.2, 0.25) is 12.0 Å². The van der Waals surface area contributed by atoms with Crippen molar-refractivity contribution in [1.82, 2.24) is 4.98 Å². The Morgan fingerprint density at radius 2 is 2.00 bits per heavy atom. The van der Waals surface area contributed by atoms with Gasteiger partial charge in [0.25, 0.3) is 0 Å². The Morgan fingerprint density at radius 1 is 1.45 bits per heavy atom. The Bertz CT molecular complexity index is 219. The van der Waals surface area contributed by atoms with Crippen molar-refractivity contribution in [2.45, 2.75) is 0 Å². The Balaban J connectivity index is 0. The summed E-state index contributed by atoms with van der Waals surface area (Å²) in [6.07, 6.45) is 1.85. The van der Waals surface area contributed by atoms with Crippen molar-refractivity contribution in [2.24, 2.45) is 5.73 Å². The number of nitrogens with two attached hydrogens (primary N) is 1. The van der Waals surface area contributed by atoms with Crippen LogP contribution in [0.15, 0.2) is 29.2 Å². The van der Waals surface area contributed by atoms with Crippen molar-refractivity contribution in [3.63, 3.8) is 0 Å². The molecule has 0 aliphatic carbocycles. The van der Waals surface area contributed by atoms with E-state index in [0.717, 1.165) is 0 Å². The van der Waals surface area contributed by atoms with Crippen LogP contribution in [0.3, 0.4) is 0 Å². The number of pyridine rings is 1. The molecule has 0 bridgehead atoms. The van der Waals surface area contributed by atoms with Crippen LogP contribution in [0.1, 0.15) is 0 Å². The van der Waals surface area contributed by atoms with Gasteiger partial charge in [-0.1, -0.05) is 6.07 Å². The number of carbonyl (C=O) groups excluding carboxylic acids is 1. The fraction of sp³-hybridized carbons (Fsp3) is 0. The van der Waals surface area contributed by atoms with E-state index in [0.29, 0.717) is 0 Å². The number of aromatic nitrogens is 1. The van der Waals surface area contributed by atoms with Gasteiger partial charge in [-0.3, -0.25) is 9.59 Å². The SMILES string of the molecule is NC=O.O=c1cccc[nH]1.[Fe]. The van der Waals surface area contributed by atoms with E-state index in [1.165, 1.54) is 6.07 Å². The van der Waals surface area contributed by atoms with Gasteiger partial charge in [0.05, 0.1) is 0 Å². The predicted octanol–water partition coefficient (Wildman–Crippen LogP) is -0.526. The number of nitrogens with one attached hydrogen (secondary N) is 1. The number of primary amides is 1. The van der Waals surface area contributed by atoms with Crippen molar-refractivity contribution >= 4 is 6.41 Å². The van der Waals surface area contributed by atoms with Crippen LogP contribution in [-0.2, 0) is 21.9 Å². The van der Waals surface area contributed by atoms with Gasteiger partial charge in [-0.2, -0.15) is 0 Å². The van der Waals surface area contributed by atoms with Gasteiger partial charge in [0, 0.05) is 29.3 Å². The Labute approximate surface area is 74.3 Å². The number of rotatable bonds is 0. The normalized spacial score (nSPS) is 6.55. The van der Waals surface area contributed by atoms with E-state index in [4.69, 9.17) is 4.79 Å². The summed E-state index contributed by atoms with van der Waals surface area (Å²) in [6, 6.07) is 4.93. The van der Waals surface area contributed by atoms with E-state index in [1.807, 2.05) is 0 Å². The Morgan fingerprint density at radius 3 is 2.18 bits per heavy atom. The summed E-state index contributed by atoms with van der Waals surface area (Å²) in [5.74, 6) is 0. The topological polar surface area (TPSA) is 76.0 Å². The zero-order valence-corrected chi connectivity index (χ0v) is 6.74. The van der Waals surface area contributed by atoms with Crippen molar-refractivity contribution < 1.29 is 21.9 Å². The monoisotopic (exact) mass is 196 g/mol. The molecule has 0 spiro atoms. The quantitative estimate of drug-likeness (QED) is 0.432. The molecule has 62 valence electrons. The molecule has 11 heavy (non-hydrogen) atoms. The van der Waals surface area contributed by atoms with E-state index in [2.05, 4.69) is 10.7 Å². The van der Waals surface area contributed by atoms with E-state index in [9.17, 15) is 4.79 Å². The molecule has 1 aromatic rings. The molecule has 1 heterocycles.